The van der Waals surface area contributed by atoms with Crippen molar-refractivity contribution in [2.45, 2.75) is 18.9 Å². The number of benzene rings is 1. The standard InChI is InChI=1S/C13H18FNS/c1-15-13(11-6-7-16-9-11)8-10-2-4-12(14)5-3-10/h2-5,11,13,15H,6-9H2,1H3. The van der Waals surface area contributed by atoms with Gasteiger partial charge < -0.3 is 5.32 Å². The first kappa shape index (κ1) is 11.9. The van der Waals surface area contributed by atoms with Crippen molar-refractivity contribution >= 4 is 11.8 Å². The number of likely N-dealkylation sites (N-methyl/N-ethyl adjacent to an activating group) is 1. The predicted molar refractivity (Wildman–Crippen MR) is 68.4 cm³/mol. The van der Waals surface area contributed by atoms with Crippen LogP contribution in [-0.4, -0.2) is 24.6 Å². The third kappa shape index (κ3) is 2.98. The summed E-state index contributed by atoms with van der Waals surface area (Å²) < 4.78 is 12.8. The summed E-state index contributed by atoms with van der Waals surface area (Å²) in [5.74, 6) is 3.15. The van der Waals surface area contributed by atoms with Gasteiger partial charge in [0.1, 0.15) is 5.82 Å². The summed E-state index contributed by atoms with van der Waals surface area (Å²) in [6.45, 7) is 0. The maximum atomic E-state index is 12.8. The van der Waals surface area contributed by atoms with Crippen LogP contribution in [0.3, 0.4) is 0 Å². The summed E-state index contributed by atoms with van der Waals surface area (Å²) in [4.78, 5) is 0. The first-order valence-electron chi connectivity index (χ1n) is 5.79. The SMILES string of the molecule is CNC(Cc1ccc(F)cc1)C1CCSC1. The number of hydrogen-bond acceptors (Lipinski definition) is 2. The maximum absolute atomic E-state index is 12.8. The molecule has 0 spiro atoms. The van der Waals surface area contributed by atoms with Crippen molar-refractivity contribution < 1.29 is 4.39 Å². The molecule has 0 bridgehead atoms. The lowest BCUT2D eigenvalue weighted by Gasteiger charge is -2.22. The average Bonchev–Trinajstić information content (AvgIpc) is 2.82. The first-order valence-corrected chi connectivity index (χ1v) is 6.94. The van der Waals surface area contributed by atoms with Crippen LogP contribution in [0.15, 0.2) is 24.3 Å². The molecular weight excluding hydrogens is 221 g/mol. The highest BCUT2D eigenvalue weighted by molar-refractivity contribution is 7.99. The Morgan fingerprint density at radius 3 is 2.75 bits per heavy atom. The number of rotatable bonds is 4. The molecule has 16 heavy (non-hydrogen) atoms. The van der Waals surface area contributed by atoms with Gasteiger partial charge in [-0.3, -0.25) is 0 Å². The van der Waals surface area contributed by atoms with E-state index in [-0.39, 0.29) is 5.82 Å². The van der Waals surface area contributed by atoms with Gasteiger partial charge in [-0.1, -0.05) is 12.1 Å². The minimum absolute atomic E-state index is 0.152. The lowest BCUT2D eigenvalue weighted by atomic mass is 9.93. The molecule has 3 heteroatoms. The lowest BCUT2D eigenvalue weighted by Crippen LogP contribution is -2.35. The van der Waals surface area contributed by atoms with Crippen LogP contribution in [0, 0.1) is 11.7 Å². The van der Waals surface area contributed by atoms with E-state index in [1.165, 1.54) is 23.5 Å². The Labute approximate surface area is 101 Å². The zero-order valence-electron chi connectivity index (χ0n) is 9.58. The topological polar surface area (TPSA) is 12.0 Å². The van der Waals surface area contributed by atoms with Crippen LogP contribution in [0.2, 0.25) is 0 Å². The molecule has 2 rings (SSSR count). The van der Waals surface area contributed by atoms with Crippen LogP contribution in [0.5, 0.6) is 0 Å². The minimum Gasteiger partial charge on any atom is -0.316 e. The van der Waals surface area contributed by atoms with Gasteiger partial charge in [0.15, 0.2) is 0 Å². The Morgan fingerprint density at radius 2 is 2.19 bits per heavy atom. The van der Waals surface area contributed by atoms with Crippen molar-refractivity contribution in [3.63, 3.8) is 0 Å². The molecular formula is C13H18FNS. The molecule has 1 saturated heterocycles. The minimum atomic E-state index is -0.152. The summed E-state index contributed by atoms with van der Waals surface area (Å²) in [5.41, 5.74) is 1.22. The van der Waals surface area contributed by atoms with Crippen LogP contribution in [0.4, 0.5) is 4.39 Å². The molecule has 1 nitrogen and oxygen atoms in total. The van der Waals surface area contributed by atoms with Crippen molar-refractivity contribution in [1.82, 2.24) is 5.32 Å². The van der Waals surface area contributed by atoms with E-state index in [1.807, 2.05) is 30.9 Å². The van der Waals surface area contributed by atoms with Gasteiger partial charge in [-0.2, -0.15) is 11.8 Å². The number of nitrogens with one attached hydrogen (secondary N) is 1. The fourth-order valence-electron chi connectivity index (χ4n) is 2.25. The monoisotopic (exact) mass is 239 g/mol. The molecule has 1 aromatic rings. The average molecular weight is 239 g/mol. The van der Waals surface area contributed by atoms with Gasteiger partial charge in [-0.05, 0) is 55.0 Å². The highest BCUT2D eigenvalue weighted by Gasteiger charge is 2.24. The summed E-state index contributed by atoms with van der Waals surface area (Å²) >= 11 is 2.04. The Kier molecular flexibility index (Phi) is 4.24. The van der Waals surface area contributed by atoms with E-state index < -0.39 is 0 Å². The second-order valence-electron chi connectivity index (χ2n) is 4.35. The maximum Gasteiger partial charge on any atom is 0.123 e. The Bertz CT molecular complexity index is 319. The first-order chi connectivity index (χ1) is 7.79. The van der Waals surface area contributed by atoms with E-state index in [1.54, 1.807) is 12.1 Å². The second kappa shape index (κ2) is 5.69. The highest BCUT2D eigenvalue weighted by atomic mass is 32.2. The largest absolute Gasteiger partial charge is 0.316 e. The van der Waals surface area contributed by atoms with Crippen LogP contribution in [-0.2, 0) is 6.42 Å². The zero-order chi connectivity index (χ0) is 11.4. The highest BCUT2D eigenvalue weighted by Crippen LogP contribution is 2.27. The molecule has 1 aliphatic heterocycles. The van der Waals surface area contributed by atoms with Crippen LogP contribution in [0.25, 0.3) is 0 Å². The summed E-state index contributed by atoms with van der Waals surface area (Å²) in [7, 11) is 2.02. The van der Waals surface area contributed by atoms with E-state index in [0.29, 0.717) is 6.04 Å². The molecule has 0 amide bonds. The predicted octanol–water partition coefficient (Wildman–Crippen LogP) is 2.71. The molecule has 1 heterocycles. The van der Waals surface area contributed by atoms with Crippen molar-refractivity contribution in [3.8, 4) is 0 Å². The molecule has 2 unspecified atom stereocenters. The van der Waals surface area contributed by atoms with Crippen LogP contribution >= 0.6 is 11.8 Å². The zero-order valence-corrected chi connectivity index (χ0v) is 10.4. The third-order valence-electron chi connectivity index (χ3n) is 3.27. The molecule has 1 fully saturated rings. The molecule has 1 aromatic carbocycles. The van der Waals surface area contributed by atoms with Gasteiger partial charge in [0, 0.05) is 6.04 Å². The fourth-order valence-corrected chi connectivity index (χ4v) is 3.59. The second-order valence-corrected chi connectivity index (χ2v) is 5.50. The summed E-state index contributed by atoms with van der Waals surface area (Å²) in [6, 6.07) is 7.40. The van der Waals surface area contributed by atoms with E-state index in [2.05, 4.69) is 5.32 Å². The van der Waals surface area contributed by atoms with Gasteiger partial charge in [0.25, 0.3) is 0 Å². The van der Waals surface area contributed by atoms with E-state index in [9.17, 15) is 4.39 Å². The van der Waals surface area contributed by atoms with E-state index in [4.69, 9.17) is 0 Å². The molecule has 0 saturated carbocycles. The Hall–Kier alpha value is -0.540. The van der Waals surface area contributed by atoms with E-state index >= 15 is 0 Å². The lowest BCUT2D eigenvalue weighted by molar-refractivity contribution is 0.404. The quantitative estimate of drug-likeness (QED) is 0.867. The molecule has 88 valence electrons. The van der Waals surface area contributed by atoms with Crippen LogP contribution < -0.4 is 5.32 Å². The number of halogens is 1. The summed E-state index contributed by atoms with van der Waals surface area (Å²) in [6.07, 6.45) is 2.30. The van der Waals surface area contributed by atoms with Crippen LogP contribution in [0.1, 0.15) is 12.0 Å². The fraction of sp³-hybridized carbons (Fsp3) is 0.538. The van der Waals surface area contributed by atoms with Crippen molar-refractivity contribution in [1.29, 1.82) is 0 Å². The van der Waals surface area contributed by atoms with Gasteiger partial charge in [0.2, 0.25) is 0 Å². The molecule has 0 radical (unpaired) electrons. The normalized spacial score (nSPS) is 22.2. The molecule has 1 aliphatic rings. The van der Waals surface area contributed by atoms with Gasteiger partial charge in [-0.15, -0.1) is 0 Å². The summed E-state index contributed by atoms with van der Waals surface area (Å²) in [5, 5.41) is 3.40. The van der Waals surface area contributed by atoms with Gasteiger partial charge in [-0.25, -0.2) is 4.39 Å². The van der Waals surface area contributed by atoms with Gasteiger partial charge in [0.05, 0.1) is 0 Å². The smallest absolute Gasteiger partial charge is 0.123 e. The Balaban J connectivity index is 1.97. The number of thioether (sulfide) groups is 1. The molecule has 2 atom stereocenters. The Morgan fingerprint density at radius 1 is 1.44 bits per heavy atom. The number of hydrogen-bond donors (Lipinski definition) is 1. The van der Waals surface area contributed by atoms with Crippen molar-refractivity contribution in [2.75, 3.05) is 18.6 Å². The molecule has 1 N–H and O–H groups in total. The molecule has 0 aliphatic carbocycles. The third-order valence-corrected chi connectivity index (χ3v) is 4.46. The molecule has 0 aromatic heterocycles. The van der Waals surface area contributed by atoms with Gasteiger partial charge >= 0.3 is 0 Å². The van der Waals surface area contributed by atoms with Crippen molar-refractivity contribution in [3.05, 3.63) is 35.6 Å². The van der Waals surface area contributed by atoms with E-state index in [0.717, 1.165) is 12.3 Å². The van der Waals surface area contributed by atoms with Crippen molar-refractivity contribution in [2.24, 2.45) is 5.92 Å².